The maximum atomic E-state index is 13.1. The molecule has 5 heteroatoms. The lowest BCUT2D eigenvalue weighted by atomic mass is 10.1. The number of aromatic nitrogens is 3. The summed E-state index contributed by atoms with van der Waals surface area (Å²) in [6.45, 7) is 0. The van der Waals surface area contributed by atoms with Crippen molar-refractivity contribution in [3.63, 3.8) is 0 Å². The fourth-order valence-electron chi connectivity index (χ4n) is 2.12. The van der Waals surface area contributed by atoms with Crippen LogP contribution in [0.15, 0.2) is 48.8 Å². The first-order valence-corrected chi connectivity index (χ1v) is 6.43. The van der Waals surface area contributed by atoms with E-state index in [1.165, 1.54) is 12.1 Å². The highest BCUT2D eigenvalue weighted by Crippen LogP contribution is 2.33. The minimum Gasteiger partial charge on any atom is -0.317 e. The summed E-state index contributed by atoms with van der Waals surface area (Å²) in [5.74, 6) is -0.277. The molecule has 0 amide bonds. The van der Waals surface area contributed by atoms with Gasteiger partial charge >= 0.3 is 0 Å². The molecule has 0 atom stereocenters. The van der Waals surface area contributed by atoms with Crippen LogP contribution in [0.3, 0.4) is 0 Å². The summed E-state index contributed by atoms with van der Waals surface area (Å²) < 4.78 is 14.9. The van der Waals surface area contributed by atoms with Crippen molar-refractivity contribution in [2.75, 3.05) is 0 Å². The Balaban J connectivity index is 2.22. The van der Waals surface area contributed by atoms with E-state index in [2.05, 4.69) is 9.97 Å². The van der Waals surface area contributed by atoms with Gasteiger partial charge in [-0.2, -0.15) is 0 Å². The number of nitrogens with zero attached hydrogens (tertiary/aromatic N) is 3. The van der Waals surface area contributed by atoms with E-state index in [-0.39, 0.29) is 5.82 Å². The Labute approximate surface area is 120 Å². The van der Waals surface area contributed by atoms with Crippen LogP contribution >= 0.6 is 11.6 Å². The van der Waals surface area contributed by atoms with Crippen LogP contribution in [-0.2, 0) is 7.05 Å². The van der Waals surface area contributed by atoms with Crippen molar-refractivity contribution in [2.24, 2.45) is 7.05 Å². The molecule has 1 aromatic carbocycles. The molecule has 0 N–H and O–H groups in total. The third-order valence-corrected chi connectivity index (χ3v) is 3.45. The van der Waals surface area contributed by atoms with Crippen molar-refractivity contribution < 1.29 is 4.39 Å². The van der Waals surface area contributed by atoms with Crippen LogP contribution in [0.25, 0.3) is 22.5 Å². The second-order valence-electron chi connectivity index (χ2n) is 4.38. The molecule has 100 valence electrons. The number of benzene rings is 1. The molecule has 3 nitrogen and oxygen atoms in total. The van der Waals surface area contributed by atoms with Crippen molar-refractivity contribution in [3.8, 4) is 22.5 Å². The normalized spacial score (nSPS) is 10.8. The van der Waals surface area contributed by atoms with E-state index in [4.69, 9.17) is 11.6 Å². The highest BCUT2D eigenvalue weighted by Gasteiger charge is 2.16. The van der Waals surface area contributed by atoms with Crippen LogP contribution in [0, 0.1) is 5.82 Å². The van der Waals surface area contributed by atoms with Gasteiger partial charge in [0.2, 0.25) is 5.28 Å². The molecule has 2 heterocycles. The number of halogens is 2. The van der Waals surface area contributed by atoms with Gasteiger partial charge in [-0.25, -0.2) is 9.37 Å². The Hall–Kier alpha value is -2.20. The van der Waals surface area contributed by atoms with E-state index < -0.39 is 0 Å². The average Bonchev–Trinajstić information content (AvgIpc) is 2.77. The lowest BCUT2D eigenvalue weighted by molar-refractivity contribution is 0.628. The first-order chi connectivity index (χ1) is 9.66. The Bertz CT molecular complexity index is 736. The largest absolute Gasteiger partial charge is 0.317 e. The second kappa shape index (κ2) is 5.06. The fourth-order valence-corrected chi connectivity index (χ4v) is 2.29. The number of hydrogen-bond acceptors (Lipinski definition) is 2. The van der Waals surface area contributed by atoms with Crippen molar-refractivity contribution in [1.82, 2.24) is 14.5 Å². The Morgan fingerprint density at radius 2 is 1.65 bits per heavy atom. The van der Waals surface area contributed by atoms with Crippen LogP contribution < -0.4 is 0 Å². The molecule has 0 unspecified atom stereocenters. The molecule has 0 saturated carbocycles. The van der Waals surface area contributed by atoms with Gasteiger partial charge in [0.25, 0.3) is 0 Å². The molecule has 0 aliphatic heterocycles. The van der Waals surface area contributed by atoms with Gasteiger partial charge in [-0.3, -0.25) is 4.98 Å². The van der Waals surface area contributed by atoms with Crippen LogP contribution in [0.5, 0.6) is 0 Å². The lowest BCUT2D eigenvalue weighted by Crippen LogP contribution is -1.93. The van der Waals surface area contributed by atoms with E-state index in [1.807, 2.05) is 19.2 Å². The van der Waals surface area contributed by atoms with Crippen molar-refractivity contribution >= 4 is 11.6 Å². The molecule has 0 radical (unpaired) electrons. The van der Waals surface area contributed by atoms with Gasteiger partial charge in [-0.1, -0.05) is 0 Å². The third kappa shape index (κ3) is 2.18. The summed E-state index contributed by atoms with van der Waals surface area (Å²) in [6, 6.07) is 9.99. The van der Waals surface area contributed by atoms with Crippen LogP contribution in [-0.4, -0.2) is 14.5 Å². The molecule has 3 aromatic rings. The van der Waals surface area contributed by atoms with Crippen molar-refractivity contribution in [1.29, 1.82) is 0 Å². The minimum atomic E-state index is -0.277. The summed E-state index contributed by atoms with van der Waals surface area (Å²) in [6.07, 6.45) is 3.43. The van der Waals surface area contributed by atoms with E-state index in [1.54, 1.807) is 29.1 Å². The van der Waals surface area contributed by atoms with Gasteiger partial charge in [0.15, 0.2) is 0 Å². The van der Waals surface area contributed by atoms with Crippen molar-refractivity contribution in [2.45, 2.75) is 0 Å². The number of hydrogen-bond donors (Lipinski definition) is 0. The minimum absolute atomic E-state index is 0.277. The lowest BCUT2D eigenvalue weighted by Gasteiger charge is -2.06. The zero-order valence-corrected chi connectivity index (χ0v) is 11.5. The number of imidazole rings is 1. The smallest absolute Gasteiger partial charge is 0.203 e. The molecular formula is C15H11ClFN3. The first-order valence-electron chi connectivity index (χ1n) is 6.05. The van der Waals surface area contributed by atoms with Gasteiger partial charge in [-0.05, 0) is 48.0 Å². The SMILES string of the molecule is Cn1c(Cl)nc(-c2ccc(F)cc2)c1-c1ccncc1. The summed E-state index contributed by atoms with van der Waals surface area (Å²) in [4.78, 5) is 8.38. The van der Waals surface area contributed by atoms with Gasteiger partial charge in [-0.15, -0.1) is 0 Å². The maximum Gasteiger partial charge on any atom is 0.203 e. The summed E-state index contributed by atoms with van der Waals surface area (Å²) in [7, 11) is 1.85. The third-order valence-electron chi connectivity index (χ3n) is 3.11. The topological polar surface area (TPSA) is 30.7 Å². The highest BCUT2D eigenvalue weighted by atomic mass is 35.5. The molecule has 0 fully saturated rings. The molecule has 20 heavy (non-hydrogen) atoms. The molecular weight excluding hydrogens is 277 g/mol. The second-order valence-corrected chi connectivity index (χ2v) is 4.72. The standard InChI is InChI=1S/C15H11ClFN3/c1-20-14(11-6-8-18-9-7-11)13(19-15(20)16)10-2-4-12(17)5-3-10/h2-9H,1H3. The zero-order chi connectivity index (χ0) is 14.1. The van der Waals surface area contributed by atoms with E-state index in [0.29, 0.717) is 5.28 Å². The molecule has 0 aliphatic rings. The number of pyridine rings is 1. The summed E-state index contributed by atoms with van der Waals surface area (Å²) >= 11 is 6.13. The van der Waals surface area contributed by atoms with Gasteiger partial charge in [0, 0.05) is 30.6 Å². The zero-order valence-electron chi connectivity index (χ0n) is 10.7. The van der Waals surface area contributed by atoms with E-state index in [0.717, 1.165) is 22.5 Å². The fraction of sp³-hybridized carbons (Fsp3) is 0.0667. The van der Waals surface area contributed by atoms with E-state index in [9.17, 15) is 4.39 Å². The van der Waals surface area contributed by atoms with Gasteiger partial charge in [0.1, 0.15) is 5.82 Å². The molecule has 2 aromatic heterocycles. The van der Waals surface area contributed by atoms with Crippen LogP contribution in [0.2, 0.25) is 5.28 Å². The molecule has 0 bridgehead atoms. The molecule has 0 saturated heterocycles. The Kier molecular flexibility index (Phi) is 3.24. The first kappa shape index (κ1) is 12.8. The Morgan fingerprint density at radius 1 is 1.00 bits per heavy atom. The summed E-state index contributed by atoms with van der Waals surface area (Å²) in [5.41, 5.74) is 3.38. The highest BCUT2D eigenvalue weighted by molar-refractivity contribution is 6.29. The summed E-state index contributed by atoms with van der Waals surface area (Å²) in [5, 5.41) is 0.385. The Morgan fingerprint density at radius 3 is 2.30 bits per heavy atom. The van der Waals surface area contributed by atoms with Crippen molar-refractivity contribution in [3.05, 3.63) is 59.9 Å². The maximum absolute atomic E-state index is 13.1. The molecule has 0 aliphatic carbocycles. The van der Waals surface area contributed by atoms with Crippen LogP contribution in [0.1, 0.15) is 0 Å². The molecule has 0 spiro atoms. The quantitative estimate of drug-likeness (QED) is 0.715. The predicted octanol–water partition coefficient (Wildman–Crippen LogP) is 3.94. The van der Waals surface area contributed by atoms with E-state index >= 15 is 0 Å². The average molecular weight is 288 g/mol. The van der Waals surface area contributed by atoms with Crippen LogP contribution in [0.4, 0.5) is 4.39 Å². The molecule has 3 rings (SSSR count). The number of rotatable bonds is 2. The monoisotopic (exact) mass is 287 g/mol. The predicted molar refractivity (Wildman–Crippen MR) is 76.8 cm³/mol. The van der Waals surface area contributed by atoms with Gasteiger partial charge < -0.3 is 4.57 Å². The van der Waals surface area contributed by atoms with Gasteiger partial charge in [0.05, 0.1) is 11.4 Å².